The first-order chi connectivity index (χ1) is 16.3. The lowest BCUT2D eigenvalue weighted by atomic mass is 10.0. The van der Waals surface area contributed by atoms with Crippen LogP contribution >= 0.6 is 0 Å². The molecule has 4 aromatic rings. The minimum atomic E-state index is -0.299. The van der Waals surface area contributed by atoms with Crippen LogP contribution in [0.5, 0.6) is 0 Å². The van der Waals surface area contributed by atoms with Gasteiger partial charge in [0.1, 0.15) is 5.82 Å². The SMILES string of the molecule is Cc1cnc(-n2ncc(C(=O)N3CCn4cccc4[C@H]3C)c2C(C)C)nc1-c1ccc(F)cc1. The molecule has 0 spiro atoms. The molecule has 1 amide bonds. The van der Waals surface area contributed by atoms with Crippen molar-refractivity contribution in [2.75, 3.05) is 6.54 Å². The van der Waals surface area contributed by atoms with Crippen LogP contribution in [0.3, 0.4) is 0 Å². The highest BCUT2D eigenvalue weighted by Crippen LogP contribution is 2.30. The molecule has 0 N–H and O–H groups in total. The van der Waals surface area contributed by atoms with E-state index in [2.05, 4.69) is 33.8 Å². The van der Waals surface area contributed by atoms with Crippen molar-refractivity contribution in [1.29, 1.82) is 0 Å². The number of benzene rings is 1. The van der Waals surface area contributed by atoms with Crippen molar-refractivity contribution in [1.82, 2.24) is 29.2 Å². The van der Waals surface area contributed by atoms with Gasteiger partial charge in [-0.2, -0.15) is 5.10 Å². The van der Waals surface area contributed by atoms with Gasteiger partial charge in [-0.3, -0.25) is 4.79 Å². The Hall–Kier alpha value is -3.81. The van der Waals surface area contributed by atoms with Crippen molar-refractivity contribution >= 4 is 5.91 Å². The molecule has 0 fully saturated rings. The Morgan fingerprint density at radius 1 is 1.12 bits per heavy atom. The van der Waals surface area contributed by atoms with Gasteiger partial charge < -0.3 is 9.47 Å². The number of hydrogen-bond donors (Lipinski definition) is 0. The summed E-state index contributed by atoms with van der Waals surface area (Å²) in [5.74, 6) is 0.0609. The van der Waals surface area contributed by atoms with E-state index in [9.17, 15) is 9.18 Å². The number of carbonyl (C=O) groups excluding carboxylic acids is 1. The van der Waals surface area contributed by atoms with Gasteiger partial charge in [0, 0.05) is 36.7 Å². The maximum Gasteiger partial charge on any atom is 0.257 e. The van der Waals surface area contributed by atoms with E-state index in [1.807, 2.05) is 31.7 Å². The van der Waals surface area contributed by atoms with Gasteiger partial charge in [0.05, 0.1) is 29.2 Å². The number of aryl methyl sites for hydroxylation is 1. The summed E-state index contributed by atoms with van der Waals surface area (Å²) in [6.07, 6.45) is 5.41. The highest BCUT2D eigenvalue weighted by Gasteiger charge is 2.32. The molecule has 5 rings (SSSR count). The van der Waals surface area contributed by atoms with Crippen molar-refractivity contribution in [3.8, 4) is 17.2 Å². The van der Waals surface area contributed by atoms with E-state index in [1.165, 1.54) is 12.1 Å². The summed E-state index contributed by atoms with van der Waals surface area (Å²) in [6.45, 7) is 9.44. The fourth-order valence-electron chi connectivity index (χ4n) is 4.68. The maximum absolute atomic E-state index is 13.7. The summed E-state index contributed by atoms with van der Waals surface area (Å²) in [6, 6.07) is 10.3. The van der Waals surface area contributed by atoms with Crippen molar-refractivity contribution in [3.63, 3.8) is 0 Å². The van der Waals surface area contributed by atoms with Gasteiger partial charge in [-0.25, -0.2) is 19.0 Å². The molecule has 0 unspecified atom stereocenters. The van der Waals surface area contributed by atoms with Gasteiger partial charge in [-0.05, 0) is 61.7 Å². The third-order valence-corrected chi connectivity index (χ3v) is 6.45. The van der Waals surface area contributed by atoms with Gasteiger partial charge >= 0.3 is 0 Å². The van der Waals surface area contributed by atoms with Crippen LogP contribution in [0.4, 0.5) is 4.39 Å². The molecule has 7 nitrogen and oxygen atoms in total. The number of amides is 1. The molecule has 1 aliphatic rings. The first-order valence-electron chi connectivity index (χ1n) is 11.5. The van der Waals surface area contributed by atoms with Gasteiger partial charge in [-0.15, -0.1) is 0 Å². The quantitative estimate of drug-likeness (QED) is 0.435. The van der Waals surface area contributed by atoms with Crippen molar-refractivity contribution in [3.05, 3.63) is 83.3 Å². The van der Waals surface area contributed by atoms with Crippen LogP contribution in [-0.4, -0.2) is 41.7 Å². The number of carbonyl (C=O) groups is 1. The first-order valence-corrected chi connectivity index (χ1v) is 11.5. The zero-order chi connectivity index (χ0) is 24.0. The Bertz CT molecular complexity index is 1350. The van der Waals surface area contributed by atoms with Crippen molar-refractivity contribution in [2.45, 2.75) is 46.2 Å². The highest BCUT2D eigenvalue weighted by molar-refractivity contribution is 5.95. The molecule has 1 atom stereocenters. The molecular formula is C26H27FN6O. The Labute approximate surface area is 197 Å². The number of rotatable bonds is 4. The van der Waals surface area contributed by atoms with E-state index < -0.39 is 0 Å². The Morgan fingerprint density at radius 3 is 2.62 bits per heavy atom. The van der Waals surface area contributed by atoms with E-state index in [1.54, 1.807) is 29.2 Å². The lowest BCUT2D eigenvalue weighted by Crippen LogP contribution is -2.41. The molecule has 0 saturated heterocycles. The lowest BCUT2D eigenvalue weighted by Gasteiger charge is -2.35. The minimum absolute atomic E-state index is 0.0181. The Balaban J connectivity index is 1.54. The third-order valence-electron chi connectivity index (χ3n) is 6.45. The number of halogens is 1. The molecule has 0 aliphatic carbocycles. The molecule has 174 valence electrons. The van der Waals surface area contributed by atoms with Crippen molar-refractivity contribution in [2.24, 2.45) is 0 Å². The van der Waals surface area contributed by atoms with Gasteiger partial charge in [0.25, 0.3) is 11.9 Å². The average Bonchev–Trinajstić information content (AvgIpc) is 3.48. The molecule has 4 heterocycles. The monoisotopic (exact) mass is 458 g/mol. The molecular weight excluding hydrogens is 431 g/mol. The Morgan fingerprint density at radius 2 is 1.88 bits per heavy atom. The summed E-state index contributed by atoms with van der Waals surface area (Å²) in [4.78, 5) is 24.8. The number of hydrogen-bond acceptors (Lipinski definition) is 4. The smallest absolute Gasteiger partial charge is 0.257 e. The number of fused-ring (bicyclic) bond motifs is 1. The van der Waals surface area contributed by atoms with Crippen LogP contribution in [-0.2, 0) is 6.54 Å². The molecule has 34 heavy (non-hydrogen) atoms. The molecule has 1 aromatic carbocycles. The summed E-state index contributed by atoms with van der Waals surface area (Å²) in [5.41, 5.74) is 4.83. The molecule has 0 radical (unpaired) electrons. The molecule has 0 bridgehead atoms. The zero-order valence-electron chi connectivity index (χ0n) is 19.7. The topological polar surface area (TPSA) is 68.8 Å². The van der Waals surface area contributed by atoms with Crippen LogP contribution in [0.25, 0.3) is 17.2 Å². The van der Waals surface area contributed by atoms with Crippen LogP contribution in [0.1, 0.15) is 60.0 Å². The molecule has 3 aromatic heterocycles. The fraction of sp³-hybridized carbons (Fsp3) is 0.308. The predicted molar refractivity (Wildman–Crippen MR) is 127 cm³/mol. The van der Waals surface area contributed by atoms with Crippen molar-refractivity contribution < 1.29 is 9.18 Å². The largest absolute Gasteiger partial charge is 0.348 e. The van der Waals surface area contributed by atoms with Gasteiger partial charge in [0.2, 0.25) is 0 Å². The Kier molecular flexibility index (Phi) is 5.51. The second-order valence-electron chi connectivity index (χ2n) is 9.02. The minimum Gasteiger partial charge on any atom is -0.348 e. The maximum atomic E-state index is 13.7. The lowest BCUT2D eigenvalue weighted by molar-refractivity contribution is 0.0642. The summed E-state index contributed by atoms with van der Waals surface area (Å²) >= 11 is 0. The van der Waals surface area contributed by atoms with Gasteiger partial charge in [-0.1, -0.05) is 13.8 Å². The number of aromatic nitrogens is 5. The van der Waals surface area contributed by atoms with E-state index in [-0.39, 0.29) is 23.7 Å². The normalized spacial score (nSPS) is 15.6. The molecule has 8 heteroatoms. The predicted octanol–water partition coefficient (Wildman–Crippen LogP) is 4.92. The van der Waals surface area contributed by atoms with E-state index in [0.29, 0.717) is 23.8 Å². The molecule has 0 saturated carbocycles. The van der Waals surface area contributed by atoms with Crippen LogP contribution in [0.15, 0.2) is 55.0 Å². The summed E-state index contributed by atoms with van der Waals surface area (Å²) in [7, 11) is 0. The van der Waals surface area contributed by atoms with Crippen LogP contribution in [0.2, 0.25) is 0 Å². The fourth-order valence-corrected chi connectivity index (χ4v) is 4.68. The average molecular weight is 459 g/mol. The summed E-state index contributed by atoms with van der Waals surface area (Å²) in [5, 5.41) is 4.54. The van der Waals surface area contributed by atoms with E-state index in [0.717, 1.165) is 29.1 Å². The summed E-state index contributed by atoms with van der Waals surface area (Å²) < 4.78 is 17.3. The van der Waals surface area contributed by atoms with Crippen LogP contribution < -0.4 is 0 Å². The third kappa shape index (κ3) is 3.69. The van der Waals surface area contributed by atoms with Gasteiger partial charge in [0.15, 0.2) is 0 Å². The first kappa shape index (κ1) is 22.0. The zero-order valence-corrected chi connectivity index (χ0v) is 19.7. The number of nitrogens with zero attached hydrogens (tertiary/aromatic N) is 6. The van der Waals surface area contributed by atoms with Crippen LogP contribution in [0, 0.1) is 12.7 Å². The second-order valence-corrected chi connectivity index (χ2v) is 9.02. The highest BCUT2D eigenvalue weighted by atomic mass is 19.1. The molecule has 1 aliphatic heterocycles. The van der Waals surface area contributed by atoms with E-state index in [4.69, 9.17) is 4.98 Å². The van der Waals surface area contributed by atoms with E-state index >= 15 is 0 Å². The standard InChI is InChI=1S/C26H27FN6O/c1-16(2)24-21(25(34)32-13-12-31-11-5-6-22(31)18(32)4)15-29-33(24)26-28-14-17(3)23(30-26)19-7-9-20(27)10-8-19/h5-11,14-16,18H,12-13H2,1-4H3/t18-/m1/s1. The second kappa shape index (κ2) is 8.52.